The summed E-state index contributed by atoms with van der Waals surface area (Å²) >= 11 is 6.25. The molecule has 0 bridgehead atoms. The molecule has 0 saturated carbocycles. The molecule has 4 rings (SSSR count). The third kappa shape index (κ3) is 3.50. The molecule has 2 aromatic rings. The second-order valence-electron chi connectivity index (χ2n) is 6.91. The van der Waals surface area contributed by atoms with Crippen molar-refractivity contribution in [1.29, 1.82) is 0 Å². The lowest BCUT2D eigenvalue weighted by molar-refractivity contribution is -0.114. The summed E-state index contributed by atoms with van der Waals surface area (Å²) in [6.45, 7) is 3.75. The van der Waals surface area contributed by atoms with E-state index in [1.165, 1.54) is 4.90 Å². The summed E-state index contributed by atoms with van der Waals surface area (Å²) in [4.78, 5) is 31.6. The summed E-state index contributed by atoms with van der Waals surface area (Å²) in [7, 11) is 2.11. The van der Waals surface area contributed by atoms with Crippen molar-refractivity contribution in [3.8, 4) is 0 Å². The summed E-state index contributed by atoms with van der Waals surface area (Å²) in [6.07, 6.45) is 0. The number of amides is 2. The van der Waals surface area contributed by atoms with Gasteiger partial charge in [-0.25, -0.2) is 0 Å². The lowest BCUT2D eigenvalue weighted by Crippen LogP contribution is -2.44. The Bertz CT molecular complexity index is 893. The zero-order valence-corrected chi connectivity index (χ0v) is 15.9. The van der Waals surface area contributed by atoms with Gasteiger partial charge in [-0.05, 0) is 37.4 Å². The van der Waals surface area contributed by atoms with Gasteiger partial charge < -0.3 is 15.1 Å². The monoisotopic (exact) mass is 384 g/mol. The quantitative estimate of drug-likeness (QED) is 0.865. The van der Waals surface area contributed by atoms with Crippen LogP contribution in [0.15, 0.2) is 42.5 Å². The van der Waals surface area contributed by atoms with Crippen LogP contribution in [0.25, 0.3) is 0 Å². The van der Waals surface area contributed by atoms with Gasteiger partial charge in [0.15, 0.2) is 0 Å². The first kappa shape index (κ1) is 17.8. The first-order chi connectivity index (χ1) is 13.0. The van der Waals surface area contributed by atoms with Gasteiger partial charge in [-0.3, -0.25) is 14.5 Å². The van der Waals surface area contributed by atoms with Crippen LogP contribution in [-0.2, 0) is 4.79 Å². The maximum atomic E-state index is 13.1. The molecular weight excluding hydrogens is 364 g/mol. The second kappa shape index (κ2) is 7.21. The van der Waals surface area contributed by atoms with E-state index in [0.29, 0.717) is 22.0 Å². The summed E-state index contributed by atoms with van der Waals surface area (Å²) in [5.41, 5.74) is 2.58. The maximum Gasteiger partial charge on any atom is 0.260 e. The molecule has 2 aliphatic rings. The SMILES string of the molecule is CN1CCN(c2ccc3c(c2)NC(=O)CN(c2ccccc2Cl)C3=O)CC1. The van der Waals surface area contributed by atoms with Crippen LogP contribution in [0.5, 0.6) is 0 Å². The fourth-order valence-corrected chi connectivity index (χ4v) is 3.74. The Kier molecular flexibility index (Phi) is 4.76. The Balaban J connectivity index is 1.68. The van der Waals surface area contributed by atoms with Crippen molar-refractivity contribution in [2.75, 3.05) is 54.9 Å². The molecule has 2 aromatic carbocycles. The van der Waals surface area contributed by atoms with E-state index in [2.05, 4.69) is 22.2 Å². The third-order valence-corrected chi connectivity index (χ3v) is 5.39. The number of fused-ring (bicyclic) bond motifs is 1. The molecule has 7 heteroatoms. The number of para-hydroxylation sites is 1. The third-order valence-electron chi connectivity index (χ3n) is 5.07. The summed E-state index contributed by atoms with van der Waals surface area (Å²) in [5.74, 6) is -0.473. The number of carbonyl (C=O) groups excluding carboxylic acids is 2. The van der Waals surface area contributed by atoms with Crippen LogP contribution in [0.4, 0.5) is 17.1 Å². The van der Waals surface area contributed by atoms with E-state index in [0.717, 1.165) is 31.9 Å². The molecule has 0 aliphatic carbocycles. The highest BCUT2D eigenvalue weighted by Gasteiger charge is 2.29. The highest BCUT2D eigenvalue weighted by Crippen LogP contribution is 2.32. The van der Waals surface area contributed by atoms with E-state index in [9.17, 15) is 9.59 Å². The van der Waals surface area contributed by atoms with Crippen LogP contribution < -0.4 is 15.1 Å². The average molecular weight is 385 g/mol. The maximum absolute atomic E-state index is 13.1. The fourth-order valence-electron chi connectivity index (χ4n) is 3.50. The van der Waals surface area contributed by atoms with Gasteiger partial charge in [0, 0.05) is 31.9 Å². The van der Waals surface area contributed by atoms with Gasteiger partial charge in [-0.2, -0.15) is 0 Å². The smallest absolute Gasteiger partial charge is 0.260 e. The van der Waals surface area contributed by atoms with Crippen LogP contribution in [-0.4, -0.2) is 56.5 Å². The Morgan fingerprint density at radius 2 is 1.74 bits per heavy atom. The molecule has 0 radical (unpaired) electrons. The number of likely N-dealkylation sites (N-methyl/N-ethyl adjacent to an activating group) is 1. The van der Waals surface area contributed by atoms with Crippen molar-refractivity contribution in [3.05, 3.63) is 53.1 Å². The van der Waals surface area contributed by atoms with Crippen molar-refractivity contribution < 1.29 is 9.59 Å². The van der Waals surface area contributed by atoms with Gasteiger partial charge >= 0.3 is 0 Å². The van der Waals surface area contributed by atoms with Gasteiger partial charge in [0.05, 0.1) is 22.0 Å². The van der Waals surface area contributed by atoms with Crippen LogP contribution in [0.1, 0.15) is 10.4 Å². The molecule has 0 unspecified atom stereocenters. The summed E-state index contributed by atoms with van der Waals surface area (Å²) < 4.78 is 0. The number of nitrogens with zero attached hydrogens (tertiary/aromatic N) is 3. The average Bonchev–Trinajstić information content (AvgIpc) is 2.78. The van der Waals surface area contributed by atoms with E-state index in [1.54, 1.807) is 30.3 Å². The molecule has 0 spiro atoms. The van der Waals surface area contributed by atoms with E-state index < -0.39 is 0 Å². The number of hydrogen-bond acceptors (Lipinski definition) is 4. The lowest BCUT2D eigenvalue weighted by atomic mass is 10.1. The fraction of sp³-hybridized carbons (Fsp3) is 0.300. The minimum Gasteiger partial charge on any atom is -0.369 e. The van der Waals surface area contributed by atoms with Gasteiger partial charge in [0.2, 0.25) is 5.91 Å². The topological polar surface area (TPSA) is 55.9 Å². The van der Waals surface area contributed by atoms with Crippen LogP contribution in [0.3, 0.4) is 0 Å². The van der Waals surface area contributed by atoms with Crippen LogP contribution in [0.2, 0.25) is 5.02 Å². The van der Waals surface area contributed by atoms with Crippen molar-refractivity contribution in [3.63, 3.8) is 0 Å². The highest BCUT2D eigenvalue weighted by molar-refractivity contribution is 6.34. The molecule has 1 N–H and O–H groups in total. The number of anilines is 3. The molecule has 0 atom stereocenters. The van der Waals surface area contributed by atoms with Crippen LogP contribution in [0, 0.1) is 0 Å². The van der Waals surface area contributed by atoms with Crippen molar-refractivity contribution in [2.24, 2.45) is 0 Å². The number of rotatable bonds is 2. The number of nitrogens with one attached hydrogen (secondary N) is 1. The minimum atomic E-state index is -0.238. The van der Waals surface area contributed by atoms with Crippen molar-refractivity contribution in [2.45, 2.75) is 0 Å². The van der Waals surface area contributed by atoms with Gasteiger partial charge in [-0.15, -0.1) is 0 Å². The summed E-state index contributed by atoms with van der Waals surface area (Å²) in [5, 5.41) is 3.32. The molecule has 1 saturated heterocycles. The first-order valence-corrected chi connectivity index (χ1v) is 9.34. The standard InChI is InChI=1S/C20H21ClN4O2/c1-23-8-10-24(11-9-23)14-6-7-15-17(12-14)22-19(26)13-25(20(15)27)18-5-3-2-4-16(18)21/h2-7,12H,8-11,13H2,1H3,(H,22,26). The normalized spacial score (nSPS) is 18.1. The minimum absolute atomic E-state index is 0.0684. The van der Waals surface area contributed by atoms with E-state index in [1.807, 2.05) is 12.1 Å². The van der Waals surface area contributed by atoms with Crippen molar-refractivity contribution >= 4 is 40.5 Å². The molecule has 6 nitrogen and oxygen atoms in total. The Morgan fingerprint density at radius 3 is 2.48 bits per heavy atom. The number of halogens is 1. The molecular formula is C20H21ClN4O2. The van der Waals surface area contributed by atoms with Gasteiger partial charge in [0.25, 0.3) is 5.91 Å². The molecule has 0 aromatic heterocycles. The van der Waals surface area contributed by atoms with E-state index >= 15 is 0 Å². The first-order valence-electron chi connectivity index (χ1n) is 8.97. The molecule has 2 heterocycles. The van der Waals surface area contributed by atoms with E-state index in [4.69, 9.17) is 11.6 Å². The van der Waals surface area contributed by atoms with Crippen molar-refractivity contribution in [1.82, 2.24) is 4.90 Å². The molecule has 1 fully saturated rings. The second-order valence-corrected chi connectivity index (χ2v) is 7.32. The van der Waals surface area contributed by atoms with Gasteiger partial charge in [0.1, 0.15) is 6.54 Å². The number of hydrogen-bond donors (Lipinski definition) is 1. The Morgan fingerprint density at radius 1 is 1.00 bits per heavy atom. The molecule has 2 aliphatic heterocycles. The van der Waals surface area contributed by atoms with E-state index in [-0.39, 0.29) is 18.4 Å². The molecule has 140 valence electrons. The number of carbonyl (C=O) groups is 2. The zero-order chi connectivity index (χ0) is 19.0. The van der Waals surface area contributed by atoms with Gasteiger partial charge in [-0.1, -0.05) is 23.7 Å². The largest absolute Gasteiger partial charge is 0.369 e. The number of benzene rings is 2. The predicted molar refractivity (Wildman–Crippen MR) is 108 cm³/mol. The van der Waals surface area contributed by atoms with Crippen LogP contribution >= 0.6 is 11.6 Å². The molecule has 2 amide bonds. The number of piperazine rings is 1. The Labute approximate surface area is 163 Å². The highest BCUT2D eigenvalue weighted by atomic mass is 35.5. The Hall–Kier alpha value is -2.57. The summed E-state index contributed by atoms with van der Waals surface area (Å²) in [6, 6.07) is 12.7. The zero-order valence-electron chi connectivity index (χ0n) is 15.1. The lowest BCUT2D eigenvalue weighted by Gasteiger charge is -2.34. The molecule has 27 heavy (non-hydrogen) atoms. The predicted octanol–water partition coefficient (Wildman–Crippen LogP) is 2.69.